The van der Waals surface area contributed by atoms with Gasteiger partial charge in [-0.1, -0.05) is 23.5 Å². The van der Waals surface area contributed by atoms with Crippen LogP contribution < -0.4 is 5.32 Å². The third-order valence-corrected chi connectivity index (χ3v) is 3.05. The van der Waals surface area contributed by atoms with Gasteiger partial charge in [0.2, 0.25) is 5.13 Å². The van der Waals surface area contributed by atoms with Gasteiger partial charge in [0.1, 0.15) is 10.8 Å². The summed E-state index contributed by atoms with van der Waals surface area (Å²) in [5.74, 6) is -0.214. The van der Waals surface area contributed by atoms with E-state index in [0.29, 0.717) is 5.56 Å². The van der Waals surface area contributed by atoms with E-state index in [1.807, 2.05) is 6.07 Å². The summed E-state index contributed by atoms with van der Waals surface area (Å²) >= 11 is 1.40. The van der Waals surface area contributed by atoms with Crippen LogP contribution in [0.15, 0.2) is 18.2 Å². The van der Waals surface area contributed by atoms with Crippen molar-refractivity contribution in [1.82, 2.24) is 10.2 Å². The van der Waals surface area contributed by atoms with Crippen LogP contribution in [-0.2, 0) is 0 Å². The number of aromatic nitrogens is 2. The van der Waals surface area contributed by atoms with E-state index in [4.69, 9.17) is 0 Å². The molecule has 1 N–H and O–H groups in total. The Bertz CT molecular complexity index is 481. The highest BCUT2D eigenvalue weighted by Gasteiger charge is 2.07. The van der Waals surface area contributed by atoms with Crippen molar-refractivity contribution in [1.29, 1.82) is 0 Å². The molecular formula is C10H10FN3S. The largest absolute Gasteiger partial charge is 0.363 e. The lowest BCUT2D eigenvalue weighted by atomic mass is 10.1. The fraction of sp³-hybridized carbons (Fsp3) is 0.200. The van der Waals surface area contributed by atoms with Gasteiger partial charge in [0.25, 0.3) is 0 Å². The SMILES string of the molecule is CNc1nnc(-c2ccc(C)c(F)c2)s1. The third-order valence-electron chi connectivity index (χ3n) is 2.06. The highest BCUT2D eigenvalue weighted by atomic mass is 32.1. The molecule has 2 aromatic rings. The molecule has 0 aliphatic heterocycles. The van der Waals surface area contributed by atoms with E-state index in [9.17, 15) is 4.39 Å². The van der Waals surface area contributed by atoms with Crippen molar-refractivity contribution in [2.45, 2.75) is 6.92 Å². The van der Waals surface area contributed by atoms with Crippen LogP contribution in [0.5, 0.6) is 0 Å². The molecule has 78 valence electrons. The molecule has 0 amide bonds. The smallest absolute Gasteiger partial charge is 0.205 e. The van der Waals surface area contributed by atoms with E-state index in [1.54, 1.807) is 20.0 Å². The topological polar surface area (TPSA) is 37.8 Å². The van der Waals surface area contributed by atoms with Crippen molar-refractivity contribution in [2.75, 3.05) is 12.4 Å². The minimum atomic E-state index is -0.214. The summed E-state index contributed by atoms with van der Waals surface area (Å²) in [7, 11) is 1.78. The molecule has 1 aromatic carbocycles. The minimum absolute atomic E-state index is 0.214. The second-order valence-electron chi connectivity index (χ2n) is 3.13. The molecule has 15 heavy (non-hydrogen) atoms. The Morgan fingerprint density at radius 2 is 2.13 bits per heavy atom. The minimum Gasteiger partial charge on any atom is -0.363 e. The van der Waals surface area contributed by atoms with Crippen molar-refractivity contribution >= 4 is 16.5 Å². The fourth-order valence-corrected chi connectivity index (χ4v) is 1.86. The zero-order valence-corrected chi connectivity index (χ0v) is 9.23. The number of halogens is 1. The first-order valence-corrected chi connectivity index (χ1v) is 5.30. The molecule has 2 rings (SSSR count). The van der Waals surface area contributed by atoms with Gasteiger partial charge in [-0.2, -0.15) is 0 Å². The summed E-state index contributed by atoms with van der Waals surface area (Å²) in [5.41, 5.74) is 1.40. The van der Waals surface area contributed by atoms with E-state index < -0.39 is 0 Å². The van der Waals surface area contributed by atoms with Crippen LogP contribution in [0.25, 0.3) is 10.6 Å². The molecule has 0 unspecified atom stereocenters. The van der Waals surface area contributed by atoms with E-state index in [0.717, 1.165) is 15.7 Å². The normalized spacial score (nSPS) is 10.3. The van der Waals surface area contributed by atoms with Gasteiger partial charge in [0.05, 0.1) is 0 Å². The summed E-state index contributed by atoms with van der Waals surface area (Å²) in [6, 6.07) is 5.07. The predicted molar refractivity (Wildman–Crippen MR) is 59.6 cm³/mol. The number of aryl methyl sites for hydroxylation is 1. The maximum Gasteiger partial charge on any atom is 0.205 e. The maximum absolute atomic E-state index is 13.3. The molecule has 0 saturated heterocycles. The van der Waals surface area contributed by atoms with E-state index in [-0.39, 0.29) is 5.82 Å². The summed E-state index contributed by atoms with van der Waals surface area (Å²) < 4.78 is 13.3. The van der Waals surface area contributed by atoms with Crippen LogP contribution in [-0.4, -0.2) is 17.2 Å². The number of nitrogens with zero attached hydrogens (tertiary/aromatic N) is 2. The molecule has 1 heterocycles. The van der Waals surface area contributed by atoms with Gasteiger partial charge in [-0.3, -0.25) is 0 Å². The van der Waals surface area contributed by atoms with E-state index in [1.165, 1.54) is 17.4 Å². The molecule has 0 bridgehead atoms. The Labute approximate surface area is 91.0 Å². The molecule has 1 aromatic heterocycles. The average molecular weight is 223 g/mol. The van der Waals surface area contributed by atoms with Crippen LogP contribution in [0.4, 0.5) is 9.52 Å². The van der Waals surface area contributed by atoms with Crippen LogP contribution in [0, 0.1) is 12.7 Å². The highest BCUT2D eigenvalue weighted by Crippen LogP contribution is 2.26. The zero-order valence-electron chi connectivity index (χ0n) is 8.41. The standard InChI is InChI=1S/C10H10FN3S/c1-6-3-4-7(5-8(6)11)9-13-14-10(12-2)15-9/h3-5H,1-2H3,(H,12,14). The number of benzene rings is 1. The first-order chi connectivity index (χ1) is 7.20. The Kier molecular flexibility index (Phi) is 2.64. The van der Waals surface area contributed by atoms with Crippen molar-refractivity contribution in [3.63, 3.8) is 0 Å². The third kappa shape index (κ3) is 1.97. The summed E-state index contributed by atoms with van der Waals surface area (Å²) in [5, 5.41) is 12.2. The molecule has 0 aliphatic carbocycles. The van der Waals surface area contributed by atoms with E-state index >= 15 is 0 Å². The molecule has 0 fully saturated rings. The van der Waals surface area contributed by atoms with Gasteiger partial charge in [-0.25, -0.2) is 4.39 Å². The Hall–Kier alpha value is -1.49. The highest BCUT2D eigenvalue weighted by molar-refractivity contribution is 7.18. The van der Waals surface area contributed by atoms with Gasteiger partial charge in [0, 0.05) is 12.6 Å². The lowest BCUT2D eigenvalue weighted by molar-refractivity contribution is 0.619. The summed E-state index contributed by atoms with van der Waals surface area (Å²) in [6.45, 7) is 1.73. The second kappa shape index (κ2) is 3.94. The molecular weight excluding hydrogens is 213 g/mol. The molecule has 5 heteroatoms. The van der Waals surface area contributed by atoms with Crippen molar-refractivity contribution in [3.8, 4) is 10.6 Å². The number of hydrogen-bond donors (Lipinski definition) is 1. The van der Waals surface area contributed by atoms with Crippen LogP contribution in [0.3, 0.4) is 0 Å². The van der Waals surface area contributed by atoms with Gasteiger partial charge >= 0.3 is 0 Å². The average Bonchev–Trinajstić information content (AvgIpc) is 2.70. The monoisotopic (exact) mass is 223 g/mol. The first-order valence-electron chi connectivity index (χ1n) is 4.48. The molecule has 3 nitrogen and oxygen atoms in total. The van der Waals surface area contributed by atoms with Crippen LogP contribution >= 0.6 is 11.3 Å². The Morgan fingerprint density at radius 1 is 1.33 bits per heavy atom. The summed E-state index contributed by atoms with van der Waals surface area (Å²) in [4.78, 5) is 0. The number of nitrogens with one attached hydrogen (secondary N) is 1. The predicted octanol–water partition coefficient (Wildman–Crippen LogP) is 2.69. The molecule has 0 radical (unpaired) electrons. The van der Waals surface area contributed by atoms with Gasteiger partial charge in [0.15, 0.2) is 0 Å². The fourth-order valence-electron chi connectivity index (χ4n) is 1.17. The molecule has 0 spiro atoms. The van der Waals surface area contributed by atoms with Crippen molar-refractivity contribution in [2.24, 2.45) is 0 Å². The van der Waals surface area contributed by atoms with E-state index in [2.05, 4.69) is 15.5 Å². The summed E-state index contributed by atoms with van der Waals surface area (Å²) in [6.07, 6.45) is 0. The lowest BCUT2D eigenvalue weighted by Crippen LogP contribution is -1.85. The molecule has 0 atom stereocenters. The second-order valence-corrected chi connectivity index (χ2v) is 4.10. The van der Waals surface area contributed by atoms with Crippen molar-refractivity contribution < 1.29 is 4.39 Å². The number of hydrogen-bond acceptors (Lipinski definition) is 4. The number of anilines is 1. The van der Waals surface area contributed by atoms with Crippen LogP contribution in [0.2, 0.25) is 0 Å². The van der Waals surface area contributed by atoms with Gasteiger partial charge in [-0.15, -0.1) is 10.2 Å². The zero-order chi connectivity index (χ0) is 10.8. The van der Waals surface area contributed by atoms with Crippen molar-refractivity contribution in [3.05, 3.63) is 29.6 Å². The molecule has 0 saturated carbocycles. The van der Waals surface area contributed by atoms with Gasteiger partial charge < -0.3 is 5.32 Å². The lowest BCUT2D eigenvalue weighted by Gasteiger charge is -1.98. The molecule has 0 aliphatic rings. The first kappa shape index (κ1) is 10.0. The van der Waals surface area contributed by atoms with Gasteiger partial charge in [-0.05, 0) is 18.6 Å². The maximum atomic E-state index is 13.3. The Balaban J connectivity index is 2.40. The quantitative estimate of drug-likeness (QED) is 0.850. The number of rotatable bonds is 2. The van der Waals surface area contributed by atoms with Crippen LogP contribution in [0.1, 0.15) is 5.56 Å². The Morgan fingerprint density at radius 3 is 2.73 bits per heavy atom.